The third-order valence-electron chi connectivity index (χ3n) is 2.94. The van der Waals surface area contributed by atoms with E-state index in [0.717, 1.165) is 25.7 Å². The largest absolute Gasteiger partial charge is 0.387 e. The Morgan fingerprint density at radius 1 is 1.36 bits per heavy atom. The molecule has 1 saturated heterocycles. The van der Waals surface area contributed by atoms with Crippen LogP contribution in [0.5, 0.6) is 0 Å². The maximum absolute atomic E-state index is 11.4. The molecule has 14 heavy (non-hydrogen) atoms. The number of nitrogens with zero attached hydrogens (tertiary/aromatic N) is 1. The molecule has 4 nitrogen and oxygen atoms in total. The SMILES string of the molecule is NC(=NCC1CCCS1(=O)=O)C1CC1. The second-order valence-corrected chi connectivity index (χ2v) is 6.57. The lowest BCUT2D eigenvalue weighted by molar-refractivity contribution is 0.590. The van der Waals surface area contributed by atoms with E-state index in [9.17, 15) is 8.42 Å². The summed E-state index contributed by atoms with van der Waals surface area (Å²) in [5.41, 5.74) is 5.70. The minimum atomic E-state index is -2.85. The van der Waals surface area contributed by atoms with Crippen LogP contribution in [0, 0.1) is 5.92 Å². The molecule has 2 fully saturated rings. The Balaban J connectivity index is 1.94. The number of nitrogens with two attached hydrogens (primary N) is 1. The van der Waals surface area contributed by atoms with E-state index in [1.54, 1.807) is 0 Å². The van der Waals surface area contributed by atoms with Crippen molar-refractivity contribution in [3.63, 3.8) is 0 Å². The predicted molar refractivity (Wildman–Crippen MR) is 56.0 cm³/mol. The van der Waals surface area contributed by atoms with Crippen LogP contribution >= 0.6 is 0 Å². The second kappa shape index (κ2) is 3.53. The minimum absolute atomic E-state index is 0.264. The van der Waals surface area contributed by atoms with E-state index < -0.39 is 9.84 Å². The van der Waals surface area contributed by atoms with Gasteiger partial charge in [-0.25, -0.2) is 8.42 Å². The molecule has 0 spiro atoms. The fourth-order valence-electron chi connectivity index (χ4n) is 1.78. The van der Waals surface area contributed by atoms with Crippen molar-refractivity contribution in [2.75, 3.05) is 12.3 Å². The molecule has 80 valence electrons. The lowest BCUT2D eigenvalue weighted by Crippen LogP contribution is -2.22. The highest BCUT2D eigenvalue weighted by Crippen LogP contribution is 2.29. The fourth-order valence-corrected chi connectivity index (χ4v) is 3.51. The van der Waals surface area contributed by atoms with E-state index in [0.29, 0.717) is 24.1 Å². The molecule has 1 aliphatic carbocycles. The van der Waals surface area contributed by atoms with Gasteiger partial charge in [0.25, 0.3) is 0 Å². The van der Waals surface area contributed by atoms with Crippen LogP contribution in [0.2, 0.25) is 0 Å². The molecule has 1 saturated carbocycles. The van der Waals surface area contributed by atoms with Crippen molar-refractivity contribution in [1.82, 2.24) is 0 Å². The molecule has 5 heteroatoms. The van der Waals surface area contributed by atoms with Crippen molar-refractivity contribution in [2.45, 2.75) is 30.9 Å². The topological polar surface area (TPSA) is 72.5 Å². The highest BCUT2D eigenvalue weighted by molar-refractivity contribution is 7.92. The monoisotopic (exact) mass is 216 g/mol. The Kier molecular flexibility index (Phi) is 2.51. The molecule has 0 bridgehead atoms. The molecule has 1 unspecified atom stereocenters. The van der Waals surface area contributed by atoms with Crippen LogP contribution < -0.4 is 5.73 Å². The summed E-state index contributed by atoms with van der Waals surface area (Å²) >= 11 is 0. The van der Waals surface area contributed by atoms with Gasteiger partial charge in [0.1, 0.15) is 0 Å². The molecule has 0 aromatic carbocycles. The molecule has 2 rings (SSSR count). The van der Waals surface area contributed by atoms with Gasteiger partial charge in [-0.05, 0) is 25.7 Å². The van der Waals surface area contributed by atoms with Crippen molar-refractivity contribution < 1.29 is 8.42 Å². The van der Waals surface area contributed by atoms with Gasteiger partial charge in [-0.15, -0.1) is 0 Å². The second-order valence-electron chi connectivity index (χ2n) is 4.17. The minimum Gasteiger partial charge on any atom is -0.387 e. The molecule has 0 amide bonds. The van der Waals surface area contributed by atoms with Crippen molar-refractivity contribution >= 4 is 15.7 Å². The Morgan fingerprint density at radius 3 is 2.57 bits per heavy atom. The molecule has 2 N–H and O–H groups in total. The van der Waals surface area contributed by atoms with Gasteiger partial charge >= 0.3 is 0 Å². The average Bonchev–Trinajstić information content (AvgIpc) is 2.88. The number of aliphatic imine (C=N–C) groups is 1. The van der Waals surface area contributed by atoms with Crippen LogP contribution in [-0.2, 0) is 9.84 Å². The average molecular weight is 216 g/mol. The van der Waals surface area contributed by atoms with E-state index in [4.69, 9.17) is 5.73 Å². The normalized spacial score (nSPS) is 32.0. The van der Waals surface area contributed by atoms with Crippen LogP contribution in [0.3, 0.4) is 0 Å². The summed E-state index contributed by atoms with van der Waals surface area (Å²) in [4.78, 5) is 4.18. The molecule has 0 aromatic heterocycles. The van der Waals surface area contributed by atoms with Crippen molar-refractivity contribution in [3.8, 4) is 0 Å². The smallest absolute Gasteiger partial charge is 0.154 e. The first-order valence-electron chi connectivity index (χ1n) is 5.11. The quantitative estimate of drug-likeness (QED) is 0.546. The molecular weight excluding hydrogens is 200 g/mol. The van der Waals surface area contributed by atoms with Crippen molar-refractivity contribution in [1.29, 1.82) is 0 Å². The summed E-state index contributed by atoms with van der Waals surface area (Å²) in [5, 5.41) is -0.264. The van der Waals surface area contributed by atoms with Crippen LogP contribution in [0.15, 0.2) is 4.99 Å². The predicted octanol–water partition coefficient (Wildman–Crippen LogP) is 0.331. The van der Waals surface area contributed by atoms with Crippen LogP contribution in [0.1, 0.15) is 25.7 Å². The van der Waals surface area contributed by atoms with Gasteiger partial charge in [0.15, 0.2) is 9.84 Å². The van der Waals surface area contributed by atoms with Gasteiger partial charge in [-0.3, -0.25) is 4.99 Å². The van der Waals surface area contributed by atoms with Crippen molar-refractivity contribution in [2.24, 2.45) is 16.6 Å². The number of amidine groups is 1. The highest BCUT2D eigenvalue weighted by atomic mass is 32.2. The number of hydrogen-bond donors (Lipinski definition) is 1. The molecule has 1 heterocycles. The number of sulfone groups is 1. The summed E-state index contributed by atoms with van der Waals surface area (Å²) < 4.78 is 22.9. The maximum atomic E-state index is 11.4. The molecule has 1 atom stereocenters. The molecule has 2 aliphatic rings. The zero-order chi connectivity index (χ0) is 10.2. The Hall–Kier alpha value is -0.580. The standard InChI is InChI=1S/C9H16N2O2S/c10-9(7-3-4-7)11-6-8-2-1-5-14(8,12)13/h7-8H,1-6H2,(H2,10,11). The van der Waals surface area contributed by atoms with Gasteiger partial charge in [0, 0.05) is 5.92 Å². The first kappa shape index (κ1) is 9.96. The van der Waals surface area contributed by atoms with Crippen LogP contribution in [-0.4, -0.2) is 31.8 Å². The van der Waals surface area contributed by atoms with Gasteiger partial charge in [-0.1, -0.05) is 0 Å². The third-order valence-corrected chi connectivity index (χ3v) is 5.19. The summed E-state index contributed by atoms with van der Waals surface area (Å²) in [6.45, 7) is 0.380. The Bertz CT molecular complexity index is 344. The lowest BCUT2D eigenvalue weighted by Gasteiger charge is -2.05. The molecule has 1 aliphatic heterocycles. The van der Waals surface area contributed by atoms with E-state index >= 15 is 0 Å². The highest BCUT2D eigenvalue weighted by Gasteiger charge is 2.31. The van der Waals surface area contributed by atoms with Gasteiger partial charge < -0.3 is 5.73 Å². The lowest BCUT2D eigenvalue weighted by atomic mass is 10.2. The number of rotatable bonds is 3. The van der Waals surface area contributed by atoms with Crippen molar-refractivity contribution in [3.05, 3.63) is 0 Å². The summed E-state index contributed by atoms with van der Waals surface area (Å²) in [5.74, 6) is 1.43. The fraction of sp³-hybridized carbons (Fsp3) is 0.889. The molecule has 0 aromatic rings. The first-order valence-corrected chi connectivity index (χ1v) is 6.82. The summed E-state index contributed by atoms with van der Waals surface area (Å²) in [6.07, 6.45) is 3.77. The Morgan fingerprint density at radius 2 is 2.07 bits per heavy atom. The van der Waals surface area contributed by atoms with Gasteiger partial charge in [-0.2, -0.15) is 0 Å². The molecular formula is C9H16N2O2S. The Labute approximate surface area is 84.5 Å². The summed E-state index contributed by atoms with van der Waals surface area (Å²) in [6, 6.07) is 0. The van der Waals surface area contributed by atoms with Crippen LogP contribution in [0.25, 0.3) is 0 Å². The van der Waals surface area contributed by atoms with Crippen LogP contribution in [0.4, 0.5) is 0 Å². The molecule has 0 radical (unpaired) electrons. The summed E-state index contributed by atoms with van der Waals surface area (Å²) in [7, 11) is -2.85. The first-order chi connectivity index (χ1) is 6.59. The maximum Gasteiger partial charge on any atom is 0.154 e. The number of hydrogen-bond acceptors (Lipinski definition) is 3. The van der Waals surface area contributed by atoms with E-state index in [1.807, 2.05) is 0 Å². The zero-order valence-corrected chi connectivity index (χ0v) is 8.96. The van der Waals surface area contributed by atoms with E-state index in [1.165, 1.54) is 0 Å². The van der Waals surface area contributed by atoms with Gasteiger partial charge in [0.05, 0.1) is 23.4 Å². The van der Waals surface area contributed by atoms with E-state index in [-0.39, 0.29) is 5.25 Å². The van der Waals surface area contributed by atoms with Gasteiger partial charge in [0.2, 0.25) is 0 Å². The zero-order valence-electron chi connectivity index (χ0n) is 8.15. The third kappa shape index (κ3) is 2.08. The van der Waals surface area contributed by atoms with E-state index in [2.05, 4.69) is 4.99 Å².